The standard InChI is InChI=1S/C18H13N5O3S/c24-14(10-5-6-15-12(7-10)19-16(25)8-26-15)9-27-18-22-21-17-20-11-3-1-2-4-13(11)23(17)18/h1-7H,8-9H2,(H,19,25)(H,20,21). The molecular formula is C18H13N5O3S. The van der Waals surface area contributed by atoms with E-state index >= 15 is 0 Å². The molecular weight excluding hydrogens is 366 g/mol. The van der Waals surface area contributed by atoms with E-state index in [0.717, 1.165) is 11.0 Å². The molecule has 1 aliphatic heterocycles. The Balaban J connectivity index is 1.39. The van der Waals surface area contributed by atoms with E-state index in [1.54, 1.807) is 18.2 Å². The molecule has 1 aliphatic rings. The van der Waals surface area contributed by atoms with Gasteiger partial charge in [0.1, 0.15) is 5.75 Å². The summed E-state index contributed by atoms with van der Waals surface area (Å²) < 4.78 is 7.21. The first-order chi connectivity index (χ1) is 13.2. The molecule has 1 amide bonds. The van der Waals surface area contributed by atoms with Crippen molar-refractivity contribution < 1.29 is 14.3 Å². The molecule has 5 rings (SSSR count). The van der Waals surface area contributed by atoms with Crippen molar-refractivity contribution in [2.24, 2.45) is 0 Å². The Labute approximate surface area is 156 Å². The summed E-state index contributed by atoms with van der Waals surface area (Å²) in [5.41, 5.74) is 2.83. The van der Waals surface area contributed by atoms with Crippen molar-refractivity contribution in [3.63, 3.8) is 0 Å². The van der Waals surface area contributed by atoms with Crippen LogP contribution in [0.25, 0.3) is 16.8 Å². The summed E-state index contributed by atoms with van der Waals surface area (Å²) in [6, 6.07) is 12.8. The van der Waals surface area contributed by atoms with E-state index < -0.39 is 0 Å². The molecule has 3 heterocycles. The number of carbonyl (C=O) groups is 2. The summed E-state index contributed by atoms with van der Waals surface area (Å²) in [5.74, 6) is 1.12. The van der Waals surface area contributed by atoms with Crippen LogP contribution in [-0.4, -0.2) is 43.6 Å². The quantitative estimate of drug-likeness (QED) is 0.417. The molecule has 4 aromatic rings. The van der Waals surface area contributed by atoms with Crippen molar-refractivity contribution in [3.8, 4) is 5.75 Å². The summed E-state index contributed by atoms with van der Waals surface area (Å²) in [5, 5.41) is 10.5. The number of rotatable bonds is 4. The number of benzene rings is 2. The number of ether oxygens (including phenoxy) is 1. The number of nitrogens with zero attached hydrogens (tertiary/aromatic N) is 3. The van der Waals surface area contributed by atoms with Crippen molar-refractivity contribution >= 4 is 46.0 Å². The number of thioether (sulfide) groups is 1. The summed E-state index contributed by atoms with van der Waals surface area (Å²) in [7, 11) is 0. The molecule has 0 atom stereocenters. The predicted molar refractivity (Wildman–Crippen MR) is 100 cm³/mol. The van der Waals surface area contributed by atoms with Crippen LogP contribution in [0.15, 0.2) is 47.6 Å². The average Bonchev–Trinajstić information content (AvgIpc) is 3.24. The normalized spacial score (nSPS) is 13.4. The van der Waals surface area contributed by atoms with Crippen LogP contribution in [0.5, 0.6) is 5.75 Å². The molecule has 0 radical (unpaired) electrons. The molecule has 0 unspecified atom stereocenters. The van der Waals surface area contributed by atoms with E-state index in [4.69, 9.17) is 4.74 Å². The fourth-order valence-electron chi connectivity index (χ4n) is 3.01. The number of hydrogen-bond acceptors (Lipinski definition) is 6. The van der Waals surface area contributed by atoms with E-state index in [9.17, 15) is 9.59 Å². The highest BCUT2D eigenvalue weighted by molar-refractivity contribution is 7.99. The molecule has 2 aromatic carbocycles. The van der Waals surface area contributed by atoms with Gasteiger partial charge in [-0.25, -0.2) is 10.1 Å². The number of H-pyrrole nitrogens is 1. The number of hydrogen-bond donors (Lipinski definition) is 2. The summed E-state index contributed by atoms with van der Waals surface area (Å²) in [6.07, 6.45) is 0. The van der Waals surface area contributed by atoms with Crippen molar-refractivity contribution in [1.82, 2.24) is 19.6 Å². The third-order valence-corrected chi connectivity index (χ3v) is 5.21. The van der Waals surface area contributed by atoms with Gasteiger partial charge in [0.15, 0.2) is 17.5 Å². The Kier molecular flexibility index (Phi) is 3.61. The molecule has 0 saturated carbocycles. The Hall–Kier alpha value is -3.33. The Morgan fingerprint density at radius 2 is 2.15 bits per heavy atom. The van der Waals surface area contributed by atoms with Gasteiger partial charge in [0.25, 0.3) is 5.91 Å². The summed E-state index contributed by atoms with van der Waals surface area (Å²) >= 11 is 1.33. The van der Waals surface area contributed by atoms with Gasteiger partial charge in [0, 0.05) is 5.56 Å². The first-order valence-electron chi connectivity index (χ1n) is 8.23. The predicted octanol–water partition coefficient (Wildman–Crippen LogP) is 2.52. The Bertz CT molecular complexity index is 1210. The van der Waals surface area contributed by atoms with Crippen LogP contribution in [0.4, 0.5) is 5.69 Å². The van der Waals surface area contributed by atoms with Crippen LogP contribution in [0, 0.1) is 0 Å². The smallest absolute Gasteiger partial charge is 0.262 e. The largest absolute Gasteiger partial charge is 0.482 e. The van der Waals surface area contributed by atoms with Gasteiger partial charge < -0.3 is 10.1 Å². The van der Waals surface area contributed by atoms with Gasteiger partial charge in [-0.15, -0.1) is 5.10 Å². The van der Waals surface area contributed by atoms with E-state index in [1.165, 1.54) is 11.8 Å². The molecule has 2 aromatic heterocycles. The molecule has 0 spiro atoms. The number of anilines is 1. The molecule has 0 bridgehead atoms. The van der Waals surface area contributed by atoms with E-state index in [2.05, 4.69) is 20.5 Å². The highest BCUT2D eigenvalue weighted by Gasteiger charge is 2.19. The van der Waals surface area contributed by atoms with Crippen LogP contribution in [-0.2, 0) is 4.79 Å². The van der Waals surface area contributed by atoms with E-state index in [0.29, 0.717) is 27.9 Å². The van der Waals surface area contributed by atoms with Gasteiger partial charge in [0.2, 0.25) is 5.78 Å². The molecule has 0 saturated heterocycles. The van der Waals surface area contributed by atoms with Crippen LogP contribution < -0.4 is 10.1 Å². The second-order valence-corrected chi connectivity index (χ2v) is 6.97. The maximum atomic E-state index is 12.6. The van der Waals surface area contributed by atoms with Crippen LogP contribution in [0.1, 0.15) is 10.4 Å². The zero-order chi connectivity index (χ0) is 18.4. The number of amides is 1. The highest BCUT2D eigenvalue weighted by Crippen LogP contribution is 2.29. The second-order valence-electron chi connectivity index (χ2n) is 6.03. The highest BCUT2D eigenvalue weighted by atomic mass is 32.2. The lowest BCUT2D eigenvalue weighted by atomic mass is 10.1. The number of nitrogens with one attached hydrogen (secondary N) is 2. The van der Waals surface area contributed by atoms with Crippen molar-refractivity contribution in [1.29, 1.82) is 0 Å². The van der Waals surface area contributed by atoms with E-state index in [-0.39, 0.29) is 24.1 Å². The van der Waals surface area contributed by atoms with Crippen LogP contribution >= 0.6 is 11.8 Å². The number of imidazole rings is 1. The maximum absolute atomic E-state index is 12.6. The third kappa shape index (κ3) is 2.72. The SMILES string of the molecule is O=C1COc2ccc(C(=O)CSc3n[nH]c4nc5ccccc5n34)cc2N1. The monoisotopic (exact) mass is 379 g/mol. The second kappa shape index (κ2) is 6.13. The number of Topliss-reactive ketones (excluding diaryl/α,β-unsaturated/α-hetero) is 1. The number of aromatic amines is 1. The number of fused-ring (bicyclic) bond motifs is 4. The van der Waals surface area contributed by atoms with Gasteiger partial charge in [-0.3, -0.25) is 14.0 Å². The molecule has 134 valence electrons. The van der Waals surface area contributed by atoms with Crippen molar-refractivity contribution in [2.45, 2.75) is 5.16 Å². The van der Waals surface area contributed by atoms with Gasteiger partial charge in [-0.05, 0) is 30.3 Å². The molecule has 9 heteroatoms. The lowest BCUT2D eigenvalue weighted by Crippen LogP contribution is -2.25. The minimum atomic E-state index is -0.229. The Morgan fingerprint density at radius 1 is 1.26 bits per heavy atom. The maximum Gasteiger partial charge on any atom is 0.262 e. The number of carbonyl (C=O) groups excluding carboxylic acids is 2. The minimum absolute atomic E-state index is 0.00976. The zero-order valence-corrected chi connectivity index (χ0v) is 14.7. The molecule has 8 nitrogen and oxygen atoms in total. The number of para-hydroxylation sites is 2. The van der Waals surface area contributed by atoms with Crippen LogP contribution in [0.2, 0.25) is 0 Å². The van der Waals surface area contributed by atoms with Crippen LogP contribution in [0.3, 0.4) is 0 Å². The molecule has 0 aliphatic carbocycles. The van der Waals surface area contributed by atoms with Crippen molar-refractivity contribution in [2.75, 3.05) is 17.7 Å². The summed E-state index contributed by atoms with van der Waals surface area (Å²) in [6.45, 7) is -0.00976. The van der Waals surface area contributed by atoms with Gasteiger partial charge in [-0.2, -0.15) is 0 Å². The first kappa shape index (κ1) is 15.9. The molecule has 0 fully saturated rings. The molecule has 2 N–H and O–H groups in total. The van der Waals surface area contributed by atoms with Gasteiger partial charge >= 0.3 is 0 Å². The average molecular weight is 379 g/mol. The molecule has 27 heavy (non-hydrogen) atoms. The number of aromatic nitrogens is 4. The van der Waals surface area contributed by atoms with Gasteiger partial charge in [0.05, 0.1) is 22.5 Å². The lowest BCUT2D eigenvalue weighted by molar-refractivity contribution is -0.118. The third-order valence-electron chi connectivity index (χ3n) is 4.27. The first-order valence-corrected chi connectivity index (χ1v) is 9.22. The zero-order valence-electron chi connectivity index (χ0n) is 13.9. The summed E-state index contributed by atoms with van der Waals surface area (Å²) in [4.78, 5) is 28.5. The minimum Gasteiger partial charge on any atom is -0.482 e. The number of ketones is 1. The van der Waals surface area contributed by atoms with Crippen molar-refractivity contribution in [3.05, 3.63) is 48.0 Å². The fraction of sp³-hybridized carbons (Fsp3) is 0.111. The lowest BCUT2D eigenvalue weighted by Gasteiger charge is -2.18. The van der Waals surface area contributed by atoms with Gasteiger partial charge in [-0.1, -0.05) is 23.9 Å². The Morgan fingerprint density at radius 3 is 3.07 bits per heavy atom. The topological polar surface area (TPSA) is 101 Å². The van der Waals surface area contributed by atoms with E-state index in [1.807, 2.05) is 28.7 Å². The fourth-order valence-corrected chi connectivity index (χ4v) is 3.86.